The third kappa shape index (κ3) is 4.40. The van der Waals surface area contributed by atoms with Crippen molar-refractivity contribution in [2.24, 2.45) is 5.73 Å². The van der Waals surface area contributed by atoms with Crippen LogP contribution in [0.1, 0.15) is 33.8 Å². The van der Waals surface area contributed by atoms with Crippen LogP contribution < -0.4 is 15.4 Å². The molecule has 0 radical (unpaired) electrons. The molecule has 0 unspecified atom stereocenters. The maximum absolute atomic E-state index is 12.8. The molecule has 1 aliphatic rings. The van der Waals surface area contributed by atoms with Gasteiger partial charge < -0.3 is 15.4 Å². The predicted octanol–water partition coefficient (Wildman–Crippen LogP) is 5.28. The number of amides is 2. The van der Waals surface area contributed by atoms with Gasteiger partial charge in [0.25, 0.3) is 0 Å². The lowest BCUT2D eigenvalue weighted by atomic mass is 9.97. The third-order valence-electron chi connectivity index (χ3n) is 5.27. The number of nitriles is 1. The first-order valence-corrected chi connectivity index (χ1v) is 10.5. The molecule has 0 aliphatic carbocycles. The van der Waals surface area contributed by atoms with E-state index in [0.29, 0.717) is 44.9 Å². The van der Waals surface area contributed by atoms with Crippen molar-refractivity contribution in [3.05, 3.63) is 87.4 Å². The third-order valence-corrected chi connectivity index (χ3v) is 5.74. The van der Waals surface area contributed by atoms with Gasteiger partial charge in [0.15, 0.2) is 0 Å². The van der Waals surface area contributed by atoms with Crippen LogP contribution in [0.4, 0.5) is 5.69 Å². The van der Waals surface area contributed by atoms with Gasteiger partial charge in [0.2, 0.25) is 11.8 Å². The minimum atomic E-state index is -0.557. The maximum atomic E-state index is 12.8. The number of hydrogen-bond donors (Lipinski definition) is 1. The van der Waals surface area contributed by atoms with Crippen molar-refractivity contribution in [1.82, 2.24) is 0 Å². The predicted molar refractivity (Wildman–Crippen MR) is 122 cm³/mol. The fourth-order valence-electron chi connectivity index (χ4n) is 3.72. The Hall–Kier alpha value is -3.53. The van der Waals surface area contributed by atoms with Crippen molar-refractivity contribution >= 4 is 40.7 Å². The number of ether oxygens (including phenoxy) is 1. The molecule has 1 heterocycles. The van der Waals surface area contributed by atoms with Gasteiger partial charge in [-0.1, -0.05) is 35.3 Å². The normalized spacial score (nSPS) is 15.5. The average molecular weight is 466 g/mol. The monoisotopic (exact) mass is 465 g/mol. The summed E-state index contributed by atoms with van der Waals surface area (Å²) in [5.74, 6) is -0.0754. The molecule has 4 rings (SSSR count). The van der Waals surface area contributed by atoms with Crippen LogP contribution in [0.2, 0.25) is 10.0 Å². The lowest BCUT2D eigenvalue weighted by Gasteiger charge is -2.19. The van der Waals surface area contributed by atoms with Gasteiger partial charge in [-0.05, 0) is 42.5 Å². The largest absolute Gasteiger partial charge is 0.456 e. The molecule has 3 aromatic carbocycles. The molecule has 1 aliphatic heterocycles. The van der Waals surface area contributed by atoms with Crippen molar-refractivity contribution in [2.45, 2.75) is 12.3 Å². The van der Waals surface area contributed by atoms with Gasteiger partial charge in [-0.25, -0.2) is 0 Å². The van der Waals surface area contributed by atoms with Gasteiger partial charge >= 0.3 is 0 Å². The Balaban J connectivity index is 1.66. The van der Waals surface area contributed by atoms with Crippen molar-refractivity contribution in [3.8, 4) is 17.6 Å². The zero-order valence-corrected chi connectivity index (χ0v) is 18.2. The first kappa shape index (κ1) is 21.7. The van der Waals surface area contributed by atoms with E-state index in [9.17, 15) is 14.9 Å². The van der Waals surface area contributed by atoms with Gasteiger partial charge in [-0.15, -0.1) is 0 Å². The highest BCUT2D eigenvalue weighted by atomic mass is 35.5. The number of rotatable bonds is 5. The first-order chi connectivity index (χ1) is 15.4. The van der Waals surface area contributed by atoms with Crippen molar-refractivity contribution in [3.63, 3.8) is 0 Å². The number of primary amides is 1. The van der Waals surface area contributed by atoms with Crippen LogP contribution in [0.3, 0.4) is 0 Å². The van der Waals surface area contributed by atoms with Gasteiger partial charge in [0, 0.05) is 51.8 Å². The molecule has 0 saturated carbocycles. The van der Waals surface area contributed by atoms with E-state index >= 15 is 0 Å². The van der Waals surface area contributed by atoms with E-state index in [1.165, 1.54) is 0 Å². The first-order valence-electron chi connectivity index (χ1n) is 9.73. The van der Waals surface area contributed by atoms with Gasteiger partial charge in [-0.2, -0.15) is 5.26 Å². The second kappa shape index (κ2) is 8.91. The second-order valence-electron chi connectivity index (χ2n) is 7.36. The molecule has 8 heteroatoms. The van der Waals surface area contributed by atoms with Crippen molar-refractivity contribution in [2.75, 3.05) is 11.4 Å². The van der Waals surface area contributed by atoms with Crippen LogP contribution in [0.15, 0.2) is 60.7 Å². The van der Waals surface area contributed by atoms with E-state index in [0.717, 1.165) is 5.56 Å². The minimum absolute atomic E-state index is 0.0852. The van der Waals surface area contributed by atoms with E-state index in [4.69, 9.17) is 33.7 Å². The standard InChI is InChI=1S/C24H17Cl2N3O3/c25-17-5-4-15(12-27)21(10-17)32-22-11-18(26)6-7-20(22)16-9-23(30)29(13-16)19-3-1-2-14(8-19)24(28)31/h1-8,10-11,16H,9,13H2,(H2,28,31)/t16-/m0/s1. The Morgan fingerprint density at radius 3 is 2.50 bits per heavy atom. The van der Waals surface area contributed by atoms with Gasteiger partial charge in [-0.3, -0.25) is 9.59 Å². The maximum Gasteiger partial charge on any atom is 0.248 e. The molecule has 3 aromatic rings. The zero-order valence-electron chi connectivity index (χ0n) is 16.7. The van der Waals surface area contributed by atoms with Crippen LogP contribution in [-0.4, -0.2) is 18.4 Å². The second-order valence-corrected chi connectivity index (χ2v) is 8.23. The molecule has 0 bridgehead atoms. The molecule has 1 atom stereocenters. The summed E-state index contributed by atoms with van der Waals surface area (Å²) in [5, 5.41) is 10.3. The SMILES string of the molecule is N#Cc1ccc(Cl)cc1Oc1cc(Cl)ccc1[C@H]1CC(=O)N(c2cccc(C(N)=O)c2)C1. The highest BCUT2D eigenvalue weighted by Crippen LogP contribution is 2.40. The van der Waals surface area contributed by atoms with Crippen molar-refractivity contribution in [1.29, 1.82) is 5.26 Å². The number of benzene rings is 3. The number of nitrogens with two attached hydrogens (primary N) is 1. The van der Waals surface area contributed by atoms with Crippen LogP contribution >= 0.6 is 23.2 Å². The number of carbonyl (C=O) groups is 2. The molecule has 2 amide bonds. The molecule has 6 nitrogen and oxygen atoms in total. The van der Waals surface area contributed by atoms with Crippen LogP contribution in [-0.2, 0) is 4.79 Å². The molecule has 1 fully saturated rings. The summed E-state index contributed by atoms with van der Waals surface area (Å²) in [6.07, 6.45) is 0.249. The molecule has 32 heavy (non-hydrogen) atoms. The van der Waals surface area contributed by atoms with Crippen molar-refractivity contribution < 1.29 is 14.3 Å². The molecular weight excluding hydrogens is 449 g/mol. The van der Waals surface area contributed by atoms with E-state index in [1.807, 2.05) is 6.07 Å². The Kier molecular flexibility index (Phi) is 6.04. The Morgan fingerprint density at radius 2 is 1.78 bits per heavy atom. The fraction of sp³-hybridized carbons (Fsp3) is 0.125. The summed E-state index contributed by atoms with van der Waals surface area (Å²) < 4.78 is 6.05. The summed E-state index contributed by atoms with van der Waals surface area (Å²) in [5.41, 5.74) is 7.41. The molecule has 0 spiro atoms. The number of hydrogen-bond acceptors (Lipinski definition) is 4. The number of anilines is 1. The number of carbonyl (C=O) groups excluding carboxylic acids is 2. The smallest absolute Gasteiger partial charge is 0.248 e. The number of halogens is 2. The van der Waals surface area contributed by atoms with Gasteiger partial charge in [0.1, 0.15) is 17.6 Å². The van der Waals surface area contributed by atoms with E-state index < -0.39 is 5.91 Å². The zero-order chi connectivity index (χ0) is 22.8. The quantitative estimate of drug-likeness (QED) is 0.554. The summed E-state index contributed by atoms with van der Waals surface area (Å²) in [6.45, 7) is 0.389. The summed E-state index contributed by atoms with van der Waals surface area (Å²) >= 11 is 12.3. The van der Waals surface area contributed by atoms with Crippen LogP contribution in [0.25, 0.3) is 0 Å². The Bertz CT molecular complexity index is 1270. The summed E-state index contributed by atoms with van der Waals surface area (Å²) in [6, 6.07) is 18.7. The molecule has 160 valence electrons. The molecular formula is C24H17Cl2N3O3. The van der Waals surface area contributed by atoms with E-state index in [1.54, 1.807) is 59.5 Å². The highest BCUT2D eigenvalue weighted by Gasteiger charge is 2.33. The number of nitrogens with zero attached hydrogens (tertiary/aromatic N) is 2. The van der Waals surface area contributed by atoms with Crippen LogP contribution in [0, 0.1) is 11.3 Å². The Labute approximate surface area is 194 Å². The summed E-state index contributed by atoms with van der Waals surface area (Å²) in [7, 11) is 0. The van der Waals surface area contributed by atoms with E-state index in [-0.39, 0.29) is 18.2 Å². The minimum Gasteiger partial charge on any atom is -0.456 e. The summed E-state index contributed by atoms with van der Waals surface area (Å²) in [4.78, 5) is 25.9. The van der Waals surface area contributed by atoms with E-state index in [2.05, 4.69) is 6.07 Å². The fourth-order valence-corrected chi connectivity index (χ4v) is 4.04. The van der Waals surface area contributed by atoms with Gasteiger partial charge in [0.05, 0.1) is 5.56 Å². The lowest BCUT2D eigenvalue weighted by Crippen LogP contribution is -2.24. The topological polar surface area (TPSA) is 96.4 Å². The molecule has 0 aromatic heterocycles. The lowest BCUT2D eigenvalue weighted by molar-refractivity contribution is -0.117. The highest BCUT2D eigenvalue weighted by molar-refractivity contribution is 6.31. The molecule has 2 N–H and O–H groups in total. The van der Waals surface area contributed by atoms with Crippen LogP contribution in [0.5, 0.6) is 11.5 Å². The Morgan fingerprint density at radius 1 is 1.06 bits per heavy atom. The average Bonchev–Trinajstić information content (AvgIpc) is 3.15. The molecule has 1 saturated heterocycles.